The maximum Gasteiger partial charge on any atom is 1.00 e. The van der Waals surface area contributed by atoms with Gasteiger partial charge in [0, 0.05) is 12.2 Å². The van der Waals surface area contributed by atoms with Gasteiger partial charge in [0.15, 0.2) is 0 Å². The van der Waals surface area contributed by atoms with Crippen LogP contribution in [-0.4, -0.2) is 31.9 Å². The first-order chi connectivity index (χ1) is 10.1. The Morgan fingerprint density at radius 3 is 3.00 bits per heavy atom. The minimum absolute atomic E-state index is 0. The van der Waals surface area contributed by atoms with E-state index in [-0.39, 0.29) is 46.5 Å². The van der Waals surface area contributed by atoms with Gasteiger partial charge in [-0.3, -0.25) is 14.4 Å². The Morgan fingerprint density at radius 1 is 1.45 bits per heavy atom. The predicted molar refractivity (Wildman–Crippen MR) is 74.5 cm³/mol. The van der Waals surface area contributed by atoms with Crippen LogP contribution in [-0.2, 0) is 22.6 Å². The molecule has 0 spiro atoms. The molecule has 0 aliphatic carbocycles. The average molecular weight is 325 g/mol. The first-order valence-corrected chi connectivity index (χ1v) is 7.78. The molecule has 6 nitrogen and oxygen atoms in total. The quantitative estimate of drug-likeness (QED) is 0.331. The molecule has 1 amide bonds. The number of aromatic nitrogens is 2. The molecule has 0 unspecified atom stereocenters. The van der Waals surface area contributed by atoms with Crippen molar-refractivity contribution < 1.29 is 44.3 Å². The molecule has 0 radical (unpaired) electrons. The SMILES string of the molecule is O=C([O-])C1=CS[C@@H]2/C(=C\c3cc4n(n3)CCCC4)C(=O)N12.[Na+]. The summed E-state index contributed by atoms with van der Waals surface area (Å²) in [6.07, 6.45) is 5.10. The van der Waals surface area contributed by atoms with Crippen molar-refractivity contribution in [2.45, 2.75) is 31.2 Å². The summed E-state index contributed by atoms with van der Waals surface area (Å²) in [5.74, 6) is -1.58. The van der Waals surface area contributed by atoms with Gasteiger partial charge in [-0.05, 0) is 36.8 Å². The summed E-state index contributed by atoms with van der Waals surface area (Å²) < 4.78 is 1.99. The van der Waals surface area contributed by atoms with Crippen LogP contribution in [0.15, 0.2) is 22.7 Å². The number of carboxylic acids is 1. The van der Waals surface area contributed by atoms with Crippen molar-refractivity contribution in [3.63, 3.8) is 0 Å². The number of β-lactam (4-membered cyclic amide) rings is 1. The Morgan fingerprint density at radius 2 is 2.27 bits per heavy atom. The Bertz CT molecular complexity index is 701. The minimum Gasteiger partial charge on any atom is -0.543 e. The van der Waals surface area contributed by atoms with Gasteiger partial charge in [-0.2, -0.15) is 5.10 Å². The van der Waals surface area contributed by atoms with E-state index in [1.54, 1.807) is 6.08 Å². The molecule has 0 N–H and O–H groups in total. The molecule has 4 heterocycles. The maximum absolute atomic E-state index is 12.1. The number of hydrogen-bond acceptors (Lipinski definition) is 5. The molecule has 3 aliphatic heterocycles. The number of aryl methyl sites for hydroxylation is 2. The van der Waals surface area contributed by atoms with E-state index in [9.17, 15) is 14.7 Å². The van der Waals surface area contributed by atoms with Crippen molar-refractivity contribution >= 4 is 29.7 Å². The third-order valence-corrected chi connectivity index (χ3v) is 5.06. The standard InChI is InChI=1S/C14H13N3O3S.Na/c18-12-10(13-17(12)11(7-21-13)14(19)20)6-8-5-9-3-1-2-4-16(9)15-8;/h5-7,13H,1-4H2,(H,19,20);/q;+1/p-1/b10-6-;/t13-;/m1./s1. The summed E-state index contributed by atoms with van der Waals surface area (Å²) in [5.41, 5.74) is 2.53. The van der Waals surface area contributed by atoms with Crippen molar-refractivity contribution in [1.29, 1.82) is 0 Å². The molecule has 0 aromatic carbocycles. The van der Waals surface area contributed by atoms with Crippen LogP contribution in [0.5, 0.6) is 0 Å². The fraction of sp³-hybridized carbons (Fsp3) is 0.357. The predicted octanol–water partition coefficient (Wildman–Crippen LogP) is -2.89. The van der Waals surface area contributed by atoms with E-state index in [0.29, 0.717) is 5.57 Å². The van der Waals surface area contributed by atoms with E-state index >= 15 is 0 Å². The maximum atomic E-state index is 12.1. The van der Waals surface area contributed by atoms with Crippen LogP contribution < -0.4 is 34.7 Å². The zero-order chi connectivity index (χ0) is 14.6. The average Bonchev–Trinajstić information content (AvgIpc) is 3.05. The van der Waals surface area contributed by atoms with Gasteiger partial charge < -0.3 is 9.90 Å². The van der Waals surface area contributed by atoms with Gasteiger partial charge in [0.2, 0.25) is 0 Å². The molecule has 0 saturated carbocycles. The number of hydrogen-bond donors (Lipinski definition) is 0. The van der Waals surface area contributed by atoms with Gasteiger partial charge in [-0.25, -0.2) is 0 Å². The van der Waals surface area contributed by atoms with E-state index in [4.69, 9.17) is 0 Å². The minimum atomic E-state index is -1.31. The zero-order valence-corrected chi connectivity index (χ0v) is 14.9. The van der Waals surface area contributed by atoms with Crippen LogP contribution in [0.2, 0.25) is 0 Å². The normalized spacial score (nSPS) is 24.3. The van der Waals surface area contributed by atoms with Gasteiger partial charge in [0.25, 0.3) is 5.91 Å². The monoisotopic (exact) mass is 325 g/mol. The Hall–Kier alpha value is -1.02. The molecule has 0 bridgehead atoms. The van der Waals surface area contributed by atoms with Crippen LogP contribution >= 0.6 is 11.8 Å². The van der Waals surface area contributed by atoms with Gasteiger partial charge in [-0.15, -0.1) is 11.8 Å². The number of carbonyl (C=O) groups is 2. The van der Waals surface area contributed by atoms with E-state index < -0.39 is 5.97 Å². The van der Waals surface area contributed by atoms with Gasteiger partial charge in [-0.1, -0.05) is 0 Å². The number of fused-ring (bicyclic) bond motifs is 2. The van der Waals surface area contributed by atoms with E-state index in [0.717, 1.165) is 25.1 Å². The van der Waals surface area contributed by atoms with Gasteiger partial charge in [0.05, 0.1) is 22.9 Å². The molecule has 22 heavy (non-hydrogen) atoms. The summed E-state index contributed by atoms with van der Waals surface area (Å²) in [6.45, 7) is 0.924. The zero-order valence-electron chi connectivity index (χ0n) is 12.1. The second kappa shape index (κ2) is 5.88. The molecule has 8 heteroatoms. The fourth-order valence-corrected chi connectivity index (χ4v) is 4.04. The Labute approximate surface area is 153 Å². The number of amides is 1. The van der Waals surface area contributed by atoms with Crippen molar-refractivity contribution in [1.82, 2.24) is 14.7 Å². The van der Waals surface area contributed by atoms with Crippen molar-refractivity contribution in [2.24, 2.45) is 0 Å². The van der Waals surface area contributed by atoms with Crippen molar-refractivity contribution in [3.8, 4) is 0 Å². The smallest absolute Gasteiger partial charge is 0.543 e. The molecule has 1 saturated heterocycles. The first kappa shape index (κ1) is 15.9. The van der Waals surface area contributed by atoms with Crippen molar-refractivity contribution in [3.05, 3.63) is 34.1 Å². The molecule has 1 aromatic rings. The summed E-state index contributed by atoms with van der Waals surface area (Å²) >= 11 is 1.31. The molecule has 4 rings (SSSR count). The molecule has 1 aromatic heterocycles. The van der Waals surface area contributed by atoms with Gasteiger partial charge >= 0.3 is 29.6 Å². The van der Waals surface area contributed by atoms with E-state index in [2.05, 4.69) is 5.10 Å². The first-order valence-electron chi connectivity index (χ1n) is 6.84. The number of thioether (sulfide) groups is 1. The molecule has 1 atom stereocenters. The molecule has 3 aliphatic rings. The third-order valence-electron chi connectivity index (χ3n) is 3.98. The largest absolute Gasteiger partial charge is 1.00 e. The Balaban J connectivity index is 0.00000144. The van der Waals surface area contributed by atoms with Crippen LogP contribution in [0.1, 0.15) is 24.2 Å². The number of carboxylic acid groups (broad SMARTS) is 1. The van der Waals surface area contributed by atoms with Crippen LogP contribution in [0, 0.1) is 0 Å². The van der Waals surface area contributed by atoms with Crippen LogP contribution in [0.3, 0.4) is 0 Å². The molecular weight excluding hydrogens is 313 g/mol. The van der Waals surface area contributed by atoms with E-state index in [1.165, 1.54) is 34.2 Å². The topological polar surface area (TPSA) is 78.3 Å². The summed E-state index contributed by atoms with van der Waals surface area (Å²) in [6, 6.07) is 2.01. The Kier molecular flexibility index (Phi) is 4.24. The fourth-order valence-electron chi connectivity index (χ4n) is 2.93. The molecule has 1 fully saturated rings. The number of carbonyl (C=O) groups excluding carboxylic acids is 2. The van der Waals surface area contributed by atoms with Crippen LogP contribution in [0.4, 0.5) is 0 Å². The number of nitrogens with zero attached hydrogens (tertiary/aromatic N) is 3. The van der Waals surface area contributed by atoms with Crippen molar-refractivity contribution in [2.75, 3.05) is 0 Å². The van der Waals surface area contributed by atoms with Crippen LogP contribution in [0.25, 0.3) is 6.08 Å². The third kappa shape index (κ3) is 2.36. The van der Waals surface area contributed by atoms with E-state index in [1.807, 2.05) is 10.7 Å². The number of rotatable bonds is 2. The molecular formula is C14H12N3NaO3S. The van der Waals surface area contributed by atoms with Gasteiger partial charge in [0.1, 0.15) is 5.37 Å². The summed E-state index contributed by atoms with van der Waals surface area (Å²) in [7, 11) is 0. The molecule has 108 valence electrons. The second-order valence-corrected chi connectivity index (χ2v) is 6.25. The second-order valence-electron chi connectivity index (χ2n) is 5.29. The summed E-state index contributed by atoms with van der Waals surface area (Å²) in [5, 5.41) is 16.6. The summed E-state index contributed by atoms with van der Waals surface area (Å²) in [4.78, 5) is 24.3. The number of aliphatic carboxylic acids is 1.